The molecule has 2 heterocycles. The highest BCUT2D eigenvalue weighted by Gasteiger charge is 2.29. The first-order chi connectivity index (χ1) is 17.2. The van der Waals surface area contributed by atoms with Crippen molar-refractivity contribution in [1.82, 2.24) is 24.2 Å². The normalized spacial score (nSPS) is 25.2. The number of benzene rings is 1. The molecule has 5 rings (SSSR count). The Bertz CT molecular complexity index is 1310. The number of aliphatic hydroxyl groups is 1. The summed E-state index contributed by atoms with van der Waals surface area (Å²) >= 11 is 0. The van der Waals surface area contributed by atoms with E-state index in [0.717, 1.165) is 50.8 Å². The number of aliphatic hydroxyl groups excluding tert-OH is 1. The van der Waals surface area contributed by atoms with Gasteiger partial charge in [-0.2, -0.15) is 0 Å². The van der Waals surface area contributed by atoms with Gasteiger partial charge in [-0.3, -0.25) is 4.57 Å². The van der Waals surface area contributed by atoms with Crippen molar-refractivity contribution in [2.75, 3.05) is 11.6 Å². The number of hydrogen-bond donors (Lipinski definition) is 3. The van der Waals surface area contributed by atoms with Crippen molar-refractivity contribution in [1.29, 1.82) is 0 Å². The van der Waals surface area contributed by atoms with Crippen LogP contribution in [0.3, 0.4) is 0 Å². The van der Waals surface area contributed by atoms with Crippen LogP contribution in [0.15, 0.2) is 30.5 Å². The van der Waals surface area contributed by atoms with Gasteiger partial charge in [-0.25, -0.2) is 32.5 Å². The molecule has 0 atom stereocenters. The number of aromatic nitrogens is 4. The minimum atomic E-state index is -3.27. The van der Waals surface area contributed by atoms with Gasteiger partial charge in [0.05, 0.1) is 24.2 Å². The first-order valence-electron chi connectivity index (χ1n) is 12.7. The van der Waals surface area contributed by atoms with Gasteiger partial charge in [0.25, 0.3) is 0 Å². The van der Waals surface area contributed by atoms with Gasteiger partial charge in [0, 0.05) is 18.5 Å². The quantitative estimate of drug-likeness (QED) is 0.436. The summed E-state index contributed by atoms with van der Waals surface area (Å²) in [4.78, 5) is 14.2. The summed E-state index contributed by atoms with van der Waals surface area (Å²) in [6, 6.07) is 6.41. The number of para-hydroxylation sites is 1. The molecule has 3 aromatic rings. The van der Waals surface area contributed by atoms with Crippen LogP contribution >= 0.6 is 0 Å². The predicted molar refractivity (Wildman–Crippen MR) is 136 cm³/mol. The third-order valence-electron chi connectivity index (χ3n) is 7.33. The topological polar surface area (TPSA) is 122 Å². The molecule has 2 aromatic heterocycles. The van der Waals surface area contributed by atoms with Gasteiger partial charge in [0.15, 0.2) is 5.65 Å². The molecule has 0 saturated heterocycles. The van der Waals surface area contributed by atoms with Crippen LogP contribution in [0.1, 0.15) is 63.2 Å². The van der Waals surface area contributed by atoms with E-state index in [1.807, 2.05) is 4.57 Å². The second-order valence-corrected chi connectivity index (χ2v) is 12.0. The second kappa shape index (κ2) is 10.4. The van der Waals surface area contributed by atoms with Crippen LogP contribution in [-0.2, 0) is 16.4 Å². The maximum Gasteiger partial charge on any atom is 0.210 e. The number of anilines is 2. The molecule has 194 valence electrons. The molecule has 9 nitrogen and oxygen atoms in total. The van der Waals surface area contributed by atoms with E-state index in [1.54, 1.807) is 24.4 Å². The maximum atomic E-state index is 14.5. The van der Waals surface area contributed by atoms with E-state index in [0.29, 0.717) is 41.6 Å². The number of fused-ring (bicyclic) bond motifs is 1. The number of imidazole rings is 1. The lowest BCUT2D eigenvalue weighted by Gasteiger charge is -2.30. The number of nitrogens with one attached hydrogen (secondary N) is 2. The molecule has 2 saturated carbocycles. The van der Waals surface area contributed by atoms with Crippen molar-refractivity contribution in [3.63, 3.8) is 0 Å². The Hall–Kier alpha value is -2.63. The smallest absolute Gasteiger partial charge is 0.210 e. The van der Waals surface area contributed by atoms with Gasteiger partial charge in [0.2, 0.25) is 16.0 Å². The highest BCUT2D eigenvalue weighted by molar-refractivity contribution is 7.88. The van der Waals surface area contributed by atoms with Crippen molar-refractivity contribution >= 4 is 32.8 Å². The maximum absolute atomic E-state index is 14.5. The average Bonchev–Trinajstić information content (AvgIpc) is 3.19. The zero-order chi connectivity index (χ0) is 25.3. The lowest BCUT2D eigenvalue weighted by Crippen LogP contribution is -2.37. The van der Waals surface area contributed by atoms with Crippen molar-refractivity contribution in [2.24, 2.45) is 5.92 Å². The van der Waals surface area contributed by atoms with Crippen molar-refractivity contribution in [3.8, 4) is 0 Å². The van der Waals surface area contributed by atoms with Gasteiger partial charge in [0.1, 0.15) is 17.2 Å². The van der Waals surface area contributed by atoms with Gasteiger partial charge < -0.3 is 10.4 Å². The first-order valence-corrected chi connectivity index (χ1v) is 14.5. The Balaban J connectivity index is 1.45. The fourth-order valence-corrected chi connectivity index (χ4v) is 6.34. The summed E-state index contributed by atoms with van der Waals surface area (Å²) in [7, 11) is -3.27. The minimum absolute atomic E-state index is 0.0365. The summed E-state index contributed by atoms with van der Waals surface area (Å²) < 4.78 is 42.6. The summed E-state index contributed by atoms with van der Waals surface area (Å²) in [5.74, 6) is 1.32. The van der Waals surface area contributed by atoms with E-state index in [2.05, 4.69) is 15.0 Å². The minimum Gasteiger partial charge on any atom is -0.393 e. The molecule has 0 amide bonds. The van der Waals surface area contributed by atoms with Crippen LogP contribution in [0, 0.1) is 11.7 Å². The predicted octanol–water partition coefficient (Wildman–Crippen LogP) is 3.84. The lowest BCUT2D eigenvalue weighted by molar-refractivity contribution is 0.108. The standard InChI is InChI=1S/C25H33FN6O3S/c1-36(34,35)31-17-8-10-18(11-9-17)32-24-22(29-25(32)28-21-5-3-2-4-20(21)26)15-27-23(30-24)14-16-6-12-19(33)13-7-16/h2-5,15-19,31,33H,6-14H2,1H3,(H,28,29). The Morgan fingerprint density at radius 2 is 1.78 bits per heavy atom. The molecule has 1 aromatic carbocycles. The molecular formula is C25H33FN6O3S. The summed E-state index contributed by atoms with van der Waals surface area (Å²) in [5, 5.41) is 13.0. The zero-order valence-electron chi connectivity index (χ0n) is 20.4. The van der Waals surface area contributed by atoms with Crippen LogP contribution < -0.4 is 10.0 Å². The largest absolute Gasteiger partial charge is 0.393 e. The molecule has 3 N–H and O–H groups in total. The van der Waals surface area contributed by atoms with Crippen LogP contribution in [0.25, 0.3) is 11.2 Å². The van der Waals surface area contributed by atoms with Crippen molar-refractivity contribution < 1.29 is 17.9 Å². The van der Waals surface area contributed by atoms with Crippen LogP contribution in [0.2, 0.25) is 0 Å². The molecule has 0 bridgehead atoms. The molecule has 36 heavy (non-hydrogen) atoms. The Kier molecular flexibility index (Phi) is 7.23. The molecule has 2 aliphatic carbocycles. The monoisotopic (exact) mass is 516 g/mol. The van der Waals surface area contributed by atoms with E-state index >= 15 is 0 Å². The second-order valence-electron chi connectivity index (χ2n) is 10.2. The number of sulfonamides is 1. The molecule has 2 fully saturated rings. The molecule has 0 unspecified atom stereocenters. The molecule has 0 radical (unpaired) electrons. The Morgan fingerprint density at radius 1 is 1.06 bits per heavy atom. The van der Waals surface area contributed by atoms with Crippen molar-refractivity contribution in [3.05, 3.63) is 42.1 Å². The number of hydrogen-bond acceptors (Lipinski definition) is 7. The lowest BCUT2D eigenvalue weighted by atomic mass is 9.85. The third kappa shape index (κ3) is 5.84. The fraction of sp³-hybridized carbons (Fsp3) is 0.560. The Labute approximate surface area is 210 Å². The SMILES string of the molecule is CS(=O)(=O)NC1CCC(n2c(Nc3ccccc3F)nc3cnc(CC4CCC(O)CC4)nc32)CC1. The van der Waals surface area contributed by atoms with E-state index in [4.69, 9.17) is 9.97 Å². The molecule has 11 heteroatoms. The van der Waals surface area contributed by atoms with Crippen LogP contribution in [-0.4, -0.2) is 51.4 Å². The van der Waals surface area contributed by atoms with E-state index < -0.39 is 10.0 Å². The summed E-state index contributed by atoms with van der Waals surface area (Å²) in [5.41, 5.74) is 1.66. The van der Waals surface area contributed by atoms with Gasteiger partial charge in [-0.05, 0) is 69.4 Å². The van der Waals surface area contributed by atoms with Gasteiger partial charge in [-0.15, -0.1) is 0 Å². The summed E-state index contributed by atoms with van der Waals surface area (Å²) in [6.07, 6.45) is 9.86. The van der Waals surface area contributed by atoms with Crippen LogP contribution in [0.5, 0.6) is 0 Å². The fourth-order valence-electron chi connectivity index (χ4n) is 5.50. The summed E-state index contributed by atoms with van der Waals surface area (Å²) in [6.45, 7) is 0. The third-order valence-corrected chi connectivity index (χ3v) is 8.09. The van der Waals surface area contributed by atoms with Gasteiger partial charge >= 0.3 is 0 Å². The molecule has 0 aliphatic heterocycles. The molecular weight excluding hydrogens is 483 g/mol. The van der Waals surface area contributed by atoms with E-state index in [1.165, 1.54) is 12.3 Å². The van der Waals surface area contributed by atoms with Crippen LogP contribution in [0.4, 0.5) is 16.0 Å². The highest BCUT2D eigenvalue weighted by atomic mass is 32.2. The number of halogens is 1. The highest BCUT2D eigenvalue weighted by Crippen LogP contribution is 2.35. The first kappa shape index (κ1) is 25.0. The molecule has 2 aliphatic rings. The molecule has 0 spiro atoms. The Morgan fingerprint density at radius 3 is 2.47 bits per heavy atom. The zero-order valence-corrected chi connectivity index (χ0v) is 21.2. The van der Waals surface area contributed by atoms with Crippen molar-refractivity contribution in [2.45, 2.75) is 76.0 Å². The van der Waals surface area contributed by atoms with Gasteiger partial charge in [-0.1, -0.05) is 12.1 Å². The van der Waals surface area contributed by atoms with E-state index in [-0.39, 0.29) is 24.0 Å². The average molecular weight is 517 g/mol. The number of nitrogens with zero attached hydrogens (tertiary/aromatic N) is 4. The van der Waals surface area contributed by atoms with E-state index in [9.17, 15) is 17.9 Å². The number of rotatable bonds is 7.